The van der Waals surface area contributed by atoms with Gasteiger partial charge in [0.25, 0.3) is 0 Å². The molecule has 0 bridgehead atoms. The molecule has 0 saturated carbocycles. The van der Waals surface area contributed by atoms with Crippen LogP contribution in [0, 0.1) is 0 Å². The molecule has 0 spiro atoms. The van der Waals surface area contributed by atoms with Gasteiger partial charge in [0.1, 0.15) is 12.0 Å². The first-order valence-corrected chi connectivity index (χ1v) is 4.04. The van der Waals surface area contributed by atoms with Crippen molar-refractivity contribution in [1.29, 1.82) is 0 Å². The van der Waals surface area contributed by atoms with Gasteiger partial charge in [-0.1, -0.05) is 0 Å². The molecule has 0 aliphatic carbocycles. The topological polar surface area (TPSA) is 43.8 Å². The van der Waals surface area contributed by atoms with Gasteiger partial charge in [0, 0.05) is 32.4 Å². The van der Waals surface area contributed by atoms with Crippen molar-refractivity contribution in [1.82, 2.24) is 9.55 Å². The van der Waals surface area contributed by atoms with E-state index in [-0.39, 0.29) is 6.54 Å². The standard InChI is InChI=1S/C8H14FN3/c1-12-5-4-11-8(12)3-2-7(9)6-10/h4-5,7H,2-3,6,10H2,1H3. The molecule has 1 rings (SSSR count). The van der Waals surface area contributed by atoms with Crippen LogP contribution in [0.2, 0.25) is 0 Å². The molecular weight excluding hydrogens is 157 g/mol. The first kappa shape index (κ1) is 9.19. The van der Waals surface area contributed by atoms with Crippen molar-refractivity contribution in [3.8, 4) is 0 Å². The predicted molar refractivity (Wildman–Crippen MR) is 45.5 cm³/mol. The van der Waals surface area contributed by atoms with Crippen LogP contribution in [0.5, 0.6) is 0 Å². The van der Waals surface area contributed by atoms with E-state index in [2.05, 4.69) is 4.98 Å². The molecular formula is C8H14FN3. The maximum Gasteiger partial charge on any atom is 0.113 e. The highest BCUT2D eigenvalue weighted by Crippen LogP contribution is 2.03. The summed E-state index contributed by atoms with van der Waals surface area (Å²) < 4.78 is 14.6. The SMILES string of the molecule is Cn1ccnc1CCC(F)CN. The highest BCUT2D eigenvalue weighted by molar-refractivity contribution is 4.91. The van der Waals surface area contributed by atoms with Gasteiger partial charge in [-0.15, -0.1) is 0 Å². The molecule has 2 N–H and O–H groups in total. The van der Waals surface area contributed by atoms with Crippen molar-refractivity contribution in [2.45, 2.75) is 19.0 Å². The lowest BCUT2D eigenvalue weighted by Crippen LogP contribution is -2.16. The van der Waals surface area contributed by atoms with E-state index in [0.717, 1.165) is 5.82 Å². The fraction of sp³-hybridized carbons (Fsp3) is 0.625. The molecule has 1 aromatic heterocycles. The quantitative estimate of drug-likeness (QED) is 0.722. The Bertz CT molecular complexity index is 234. The Labute approximate surface area is 71.4 Å². The number of aryl methyl sites for hydroxylation is 2. The van der Waals surface area contributed by atoms with Crippen LogP contribution in [0.15, 0.2) is 12.4 Å². The number of hydrogen-bond acceptors (Lipinski definition) is 2. The van der Waals surface area contributed by atoms with Crippen molar-refractivity contribution >= 4 is 0 Å². The van der Waals surface area contributed by atoms with Crippen LogP contribution in [0.25, 0.3) is 0 Å². The third kappa shape index (κ3) is 2.30. The largest absolute Gasteiger partial charge is 0.338 e. The van der Waals surface area contributed by atoms with E-state index in [9.17, 15) is 4.39 Å². The molecule has 1 unspecified atom stereocenters. The molecule has 3 nitrogen and oxygen atoms in total. The van der Waals surface area contributed by atoms with Crippen molar-refractivity contribution < 1.29 is 4.39 Å². The molecule has 1 heterocycles. The minimum Gasteiger partial charge on any atom is -0.338 e. The second kappa shape index (κ2) is 4.21. The molecule has 0 saturated heterocycles. The molecule has 68 valence electrons. The Kier molecular flexibility index (Phi) is 3.22. The normalized spacial score (nSPS) is 13.2. The van der Waals surface area contributed by atoms with Crippen LogP contribution in [0.3, 0.4) is 0 Å². The van der Waals surface area contributed by atoms with Gasteiger partial charge >= 0.3 is 0 Å². The van der Waals surface area contributed by atoms with Crippen molar-refractivity contribution in [2.75, 3.05) is 6.54 Å². The number of nitrogens with two attached hydrogens (primary N) is 1. The zero-order chi connectivity index (χ0) is 8.97. The Morgan fingerprint density at radius 2 is 2.50 bits per heavy atom. The maximum absolute atomic E-state index is 12.7. The molecule has 4 heteroatoms. The highest BCUT2D eigenvalue weighted by atomic mass is 19.1. The van der Waals surface area contributed by atoms with Crippen LogP contribution in [-0.2, 0) is 13.5 Å². The fourth-order valence-corrected chi connectivity index (χ4v) is 1.04. The van der Waals surface area contributed by atoms with E-state index in [1.807, 2.05) is 17.8 Å². The second-order valence-corrected chi connectivity index (χ2v) is 2.83. The van der Waals surface area contributed by atoms with E-state index in [1.54, 1.807) is 6.20 Å². The Balaban J connectivity index is 2.38. The zero-order valence-electron chi connectivity index (χ0n) is 7.20. The molecule has 0 aliphatic heterocycles. The fourth-order valence-electron chi connectivity index (χ4n) is 1.04. The summed E-state index contributed by atoms with van der Waals surface area (Å²) in [4.78, 5) is 4.08. The van der Waals surface area contributed by atoms with Crippen LogP contribution < -0.4 is 5.73 Å². The number of halogens is 1. The van der Waals surface area contributed by atoms with E-state index >= 15 is 0 Å². The van der Waals surface area contributed by atoms with E-state index < -0.39 is 6.17 Å². The van der Waals surface area contributed by atoms with Crippen molar-refractivity contribution in [2.24, 2.45) is 12.8 Å². The lowest BCUT2D eigenvalue weighted by atomic mass is 10.2. The Hall–Kier alpha value is -0.900. The molecule has 0 aromatic carbocycles. The molecule has 1 atom stereocenters. The van der Waals surface area contributed by atoms with Gasteiger partial charge in [-0.25, -0.2) is 9.37 Å². The van der Waals surface area contributed by atoms with E-state index in [0.29, 0.717) is 12.8 Å². The average molecular weight is 171 g/mol. The smallest absolute Gasteiger partial charge is 0.113 e. The second-order valence-electron chi connectivity index (χ2n) is 2.83. The molecule has 0 aliphatic rings. The number of alkyl halides is 1. The third-order valence-electron chi connectivity index (χ3n) is 1.86. The van der Waals surface area contributed by atoms with Gasteiger partial charge in [-0.2, -0.15) is 0 Å². The Morgan fingerprint density at radius 1 is 1.75 bits per heavy atom. The number of nitrogens with zero attached hydrogens (tertiary/aromatic N) is 2. The van der Waals surface area contributed by atoms with Crippen LogP contribution in [0.4, 0.5) is 4.39 Å². The summed E-state index contributed by atoms with van der Waals surface area (Å²) in [5.41, 5.74) is 5.15. The lowest BCUT2D eigenvalue weighted by molar-refractivity contribution is 0.320. The minimum atomic E-state index is -0.901. The van der Waals surface area contributed by atoms with Gasteiger partial charge in [0.05, 0.1) is 0 Å². The monoisotopic (exact) mass is 171 g/mol. The first-order valence-electron chi connectivity index (χ1n) is 4.04. The van der Waals surface area contributed by atoms with Gasteiger partial charge in [0.15, 0.2) is 0 Å². The first-order chi connectivity index (χ1) is 5.74. The van der Waals surface area contributed by atoms with Gasteiger partial charge in [0.2, 0.25) is 0 Å². The van der Waals surface area contributed by atoms with Crippen LogP contribution in [-0.4, -0.2) is 22.3 Å². The zero-order valence-corrected chi connectivity index (χ0v) is 7.20. The molecule has 12 heavy (non-hydrogen) atoms. The van der Waals surface area contributed by atoms with Gasteiger partial charge in [-0.3, -0.25) is 0 Å². The number of aromatic nitrogens is 2. The summed E-state index contributed by atoms with van der Waals surface area (Å²) >= 11 is 0. The predicted octanol–water partition coefficient (Wildman–Crippen LogP) is 0.650. The summed E-state index contributed by atoms with van der Waals surface area (Å²) in [5, 5.41) is 0. The van der Waals surface area contributed by atoms with Gasteiger partial charge in [-0.05, 0) is 6.42 Å². The minimum absolute atomic E-state index is 0.102. The number of rotatable bonds is 4. The highest BCUT2D eigenvalue weighted by Gasteiger charge is 2.05. The summed E-state index contributed by atoms with van der Waals surface area (Å²) in [6.07, 6.45) is 3.78. The van der Waals surface area contributed by atoms with Crippen LogP contribution in [0.1, 0.15) is 12.2 Å². The van der Waals surface area contributed by atoms with Crippen molar-refractivity contribution in [3.05, 3.63) is 18.2 Å². The summed E-state index contributed by atoms with van der Waals surface area (Å²) in [6.45, 7) is 0.102. The molecule has 0 amide bonds. The third-order valence-corrected chi connectivity index (χ3v) is 1.86. The lowest BCUT2D eigenvalue weighted by Gasteiger charge is -2.04. The summed E-state index contributed by atoms with van der Waals surface area (Å²) in [6, 6.07) is 0. The molecule has 0 fully saturated rings. The Morgan fingerprint density at radius 3 is 3.00 bits per heavy atom. The number of hydrogen-bond donors (Lipinski definition) is 1. The molecule has 0 radical (unpaired) electrons. The van der Waals surface area contributed by atoms with Crippen LogP contribution >= 0.6 is 0 Å². The summed E-state index contributed by atoms with van der Waals surface area (Å²) in [7, 11) is 1.90. The van der Waals surface area contributed by atoms with Crippen molar-refractivity contribution in [3.63, 3.8) is 0 Å². The number of imidazole rings is 1. The van der Waals surface area contributed by atoms with E-state index in [4.69, 9.17) is 5.73 Å². The summed E-state index contributed by atoms with van der Waals surface area (Å²) in [5.74, 6) is 0.908. The average Bonchev–Trinajstić information content (AvgIpc) is 2.47. The van der Waals surface area contributed by atoms with E-state index in [1.165, 1.54) is 0 Å². The maximum atomic E-state index is 12.7. The van der Waals surface area contributed by atoms with Gasteiger partial charge < -0.3 is 10.3 Å². The molecule has 1 aromatic rings.